The minimum absolute atomic E-state index is 0.116. The van der Waals surface area contributed by atoms with Crippen LogP contribution in [0.15, 0.2) is 46.3 Å². The van der Waals surface area contributed by atoms with Crippen LogP contribution in [0.3, 0.4) is 0 Å². The lowest BCUT2D eigenvalue weighted by Crippen LogP contribution is -1.97. The number of pyridine rings is 1. The maximum absolute atomic E-state index is 10.9. The zero-order chi connectivity index (χ0) is 13.8. The molecule has 2 rings (SSSR count). The van der Waals surface area contributed by atoms with E-state index in [2.05, 4.69) is 4.98 Å². The first-order valence-corrected chi connectivity index (χ1v) is 6.51. The van der Waals surface area contributed by atoms with Gasteiger partial charge in [0.2, 0.25) is 0 Å². The normalized spacial score (nSPS) is 10.2. The third kappa shape index (κ3) is 3.62. The van der Waals surface area contributed by atoms with E-state index in [9.17, 15) is 4.79 Å². The summed E-state index contributed by atoms with van der Waals surface area (Å²) < 4.78 is 5.12. The van der Waals surface area contributed by atoms with E-state index in [1.807, 2.05) is 24.3 Å². The van der Waals surface area contributed by atoms with E-state index < -0.39 is 5.97 Å². The summed E-state index contributed by atoms with van der Waals surface area (Å²) in [6.45, 7) is 0. The molecule has 6 heteroatoms. The van der Waals surface area contributed by atoms with Gasteiger partial charge in [0, 0.05) is 4.90 Å². The van der Waals surface area contributed by atoms with Gasteiger partial charge in [-0.3, -0.25) is 0 Å². The maximum atomic E-state index is 10.9. The molecule has 0 aliphatic rings. The summed E-state index contributed by atoms with van der Waals surface area (Å²) in [5.41, 5.74) is 0.116. The number of methoxy groups -OCH3 is 1. The number of aromatic carboxylic acids is 1. The van der Waals surface area contributed by atoms with E-state index >= 15 is 0 Å². The molecular formula is C13H10ClNO3S. The second-order valence-corrected chi connectivity index (χ2v) is 5.08. The lowest BCUT2D eigenvalue weighted by atomic mass is 10.3. The molecule has 19 heavy (non-hydrogen) atoms. The first-order valence-electron chi connectivity index (χ1n) is 5.31. The lowest BCUT2D eigenvalue weighted by Gasteiger charge is -2.05. The number of halogens is 1. The molecule has 0 amide bonds. The van der Waals surface area contributed by atoms with Gasteiger partial charge in [0.15, 0.2) is 0 Å². The largest absolute Gasteiger partial charge is 0.497 e. The molecule has 0 spiro atoms. The average molecular weight is 296 g/mol. The molecule has 0 aliphatic heterocycles. The number of benzene rings is 1. The highest BCUT2D eigenvalue weighted by atomic mass is 35.5. The van der Waals surface area contributed by atoms with Crippen molar-refractivity contribution in [3.05, 3.63) is 47.1 Å². The first kappa shape index (κ1) is 13.7. The molecule has 0 fully saturated rings. The Hall–Kier alpha value is -1.72. The van der Waals surface area contributed by atoms with Crippen LogP contribution in [0.1, 0.15) is 10.4 Å². The van der Waals surface area contributed by atoms with Gasteiger partial charge in [0.05, 0.1) is 12.7 Å². The quantitative estimate of drug-likeness (QED) is 0.873. The summed E-state index contributed by atoms with van der Waals surface area (Å²) in [5.74, 6) is -0.303. The van der Waals surface area contributed by atoms with Crippen LogP contribution in [0.25, 0.3) is 0 Å². The predicted octanol–water partition coefficient (Wildman–Crippen LogP) is 3.59. The van der Waals surface area contributed by atoms with Crippen molar-refractivity contribution in [1.29, 1.82) is 0 Å². The van der Waals surface area contributed by atoms with Crippen molar-refractivity contribution in [2.24, 2.45) is 0 Å². The van der Waals surface area contributed by atoms with Crippen molar-refractivity contribution in [1.82, 2.24) is 4.98 Å². The molecule has 2 aromatic rings. The third-order valence-electron chi connectivity index (χ3n) is 2.28. The molecule has 0 atom stereocenters. The van der Waals surface area contributed by atoms with Crippen LogP contribution in [0.5, 0.6) is 5.75 Å². The Morgan fingerprint density at radius 2 is 2.16 bits per heavy atom. The van der Waals surface area contributed by atoms with Crippen LogP contribution >= 0.6 is 23.4 Å². The summed E-state index contributed by atoms with van der Waals surface area (Å²) in [7, 11) is 1.59. The second-order valence-electron chi connectivity index (χ2n) is 3.60. The van der Waals surface area contributed by atoms with Crippen LogP contribution in [0.2, 0.25) is 5.15 Å². The molecule has 1 aromatic carbocycles. The van der Waals surface area contributed by atoms with E-state index in [4.69, 9.17) is 21.4 Å². The molecule has 0 saturated carbocycles. The molecule has 0 saturated heterocycles. The van der Waals surface area contributed by atoms with Crippen molar-refractivity contribution in [3.8, 4) is 5.75 Å². The average Bonchev–Trinajstić information content (AvgIpc) is 2.38. The molecule has 98 valence electrons. The molecule has 1 heterocycles. The zero-order valence-corrected chi connectivity index (χ0v) is 11.5. The van der Waals surface area contributed by atoms with Crippen molar-refractivity contribution in [3.63, 3.8) is 0 Å². The maximum Gasteiger partial charge on any atom is 0.335 e. The second kappa shape index (κ2) is 5.95. The van der Waals surface area contributed by atoms with Gasteiger partial charge < -0.3 is 9.84 Å². The zero-order valence-electron chi connectivity index (χ0n) is 9.96. The number of hydrogen-bond acceptors (Lipinski definition) is 4. The number of carboxylic acid groups (broad SMARTS) is 1. The molecule has 1 aromatic heterocycles. The number of rotatable bonds is 4. The highest BCUT2D eigenvalue weighted by molar-refractivity contribution is 7.99. The topological polar surface area (TPSA) is 59.4 Å². The SMILES string of the molecule is COc1cccc(Sc2cc(C(=O)O)cc(Cl)n2)c1. The summed E-state index contributed by atoms with van der Waals surface area (Å²) in [6, 6.07) is 10.2. The Labute approximate surface area is 119 Å². The number of ether oxygens (including phenoxy) is 1. The molecule has 0 aliphatic carbocycles. The number of hydrogen-bond donors (Lipinski definition) is 1. The van der Waals surface area contributed by atoms with Crippen LogP contribution in [-0.2, 0) is 0 Å². The van der Waals surface area contributed by atoms with E-state index in [1.165, 1.54) is 23.9 Å². The van der Waals surface area contributed by atoms with Crippen molar-refractivity contribution in [2.75, 3.05) is 7.11 Å². The Balaban J connectivity index is 2.29. The minimum Gasteiger partial charge on any atom is -0.497 e. The Morgan fingerprint density at radius 3 is 2.84 bits per heavy atom. The fraction of sp³-hybridized carbons (Fsp3) is 0.0769. The Morgan fingerprint density at radius 1 is 1.37 bits per heavy atom. The lowest BCUT2D eigenvalue weighted by molar-refractivity contribution is 0.0696. The summed E-state index contributed by atoms with van der Waals surface area (Å²) >= 11 is 7.13. The van der Waals surface area contributed by atoms with E-state index in [0.29, 0.717) is 5.03 Å². The van der Waals surface area contributed by atoms with Gasteiger partial charge in [-0.25, -0.2) is 9.78 Å². The highest BCUT2D eigenvalue weighted by Crippen LogP contribution is 2.30. The number of nitrogens with zero attached hydrogens (tertiary/aromatic N) is 1. The van der Waals surface area contributed by atoms with Gasteiger partial charge in [0.25, 0.3) is 0 Å². The van der Waals surface area contributed by atoms with Gasteiger partial charge in [0.1, 0.15) is 15.9 Å². The van der Waals surface area contributed by atoms with Crippen LogP contribution < -0.4 is 4.74 Å². The van der Waals surface area contributed by atoms with Crippen molar-refractivity contribution >= 4 is 29.3 Å². The molecule has 0 unspecified atom stereocenters. The fourth-order valence-electron chi connectivity index (χ4n) is 1.43. The molecular weight excluding hydrogens is 286 g/mol. The summed E-state index contributed by atoms with van der Waals surface area (Å²) in [5, 5.41) is 9.65. The van der Waals surface area contributed by atoms with Crippen LogP contribution in [-0.4, -0.2) is 23.2 Å². The van der Waals surface area contributed by atoms with Crippen molar-refractivity contribution < 1.29 is 14.6 Å². The molecule has 1 N–H and O–H groups in total. The summed E-state index contributed by atoms with van der Waals surface area (Å²) in [6.07, 6.45) is 0. The number of carboxylic acids is 1. The van der Waals surface area contributed by atoms with Gasteiger partial charge in [-0.05, 0) is 30.3 Å². The monoisotopic (exact) mass is 295 g/mol. The van der Waals surface area contributed by atoms with Crippen LogP contribution in [0, 0.1) is 0 Å². The van der Waals surface area contributed by atoms with E-state index in [-0.39, 0.29) is 10.7 Å². The molecule has 0 radical (unpaired) electrons. The predicted molar refractivity (Wildman–Crippen MR) is 73.3 cm³/mol. The minimum atomic E-state index is -1.03. The van der Waals surface area contributed by atoms with Crippen molar-refractivity contribution in [2.45, 2.75) is 9.92 Å². The Bertz CT molecular complexity index is 619. The standard InChI is InChI=1S/C13H10ClNO3S/c1-18-9-3-2-4-10(7-9)19-12-6-8(13(16)17)5-11(14)15-12/h2-7H,1H3,(H,16,17). The number of carbonyl (C=O) groups is 1. The highest BCUT2D eigenvalue weighted by Gasteiger charge is 2.09. The first-order chi connectivity index (χ1) is 9.08. The van der Waals surface area contributed by atoms with E-state index in [0.717, 1.165) is 10.6 Å². The van der Waals surface area contributed by atoms with Gasteiger partial charge in [-0.15, -0.1) is 0 Å². The van der Waals surface area contributed by atoms with Gasteiger partial charge in [-0.2, -0.15) is 0 Å². The molecule has 4 nitrogen and oxygen atoms in total. The van der Waals surface area contributed by atoms with Gasteiger partial charge in [-0.1, -0.05) is 29.4 Å². The smallest absolute Gasteiger partial charge is 0.335 e. The third-order valence-corrected chi connectivity index (χ3v) is 3.38. The molecule has 0 bridgehead atoms. The fourth-order valence-corrected chi connectivity index (χ4v) is 2.59. The van der Waals surface area contributed by atoms with Crippen LogP contribution in [0.4, 0.5) is 0 Å². The van der Waals surface area contributed by atoms with Gasteiger partial charge >= 0.3 is 5.97 Å². The van der Waals surface area contributed by atoms with E-state index in [1.54, 1.807) is 7.11 Å². The Kier molecular flexibility index (Phi) is 4.29. The summed E-state index contributed by atoms with van der Waals surface area (Å²) in [4.78, 5) is 15.9. The number of aromatic nitrogens is 1.